The van der Waals surface area contributed by atoms with Gasteiger partial charge in [0, 0.05) is 43.6 Å². The number of fused-ring (bicyclic) bond motifs is 1. The Balaban J connectivity index is 1.51. The molecule has 0 bridgehead atoms. The normalized spacial score (nSPS) is 27.6. The minimum atomic E-state index is -0.912. The average Bonchev–Trinajstić information content (AvgIpc) is 3.70. The minimum absolute atomic E-state index is 0.0118. The van der Waals surface area contributed by atoms with Crippen LogP contribution in [0.4, 0.5) is 0 Å². The molecule has 1 heterocycles. The van der Waals surface area contributed by atoms with Crippen molar-refractivity contribution in [2.24, 2.45) is 11.8 Å². The first-order chi connectivity index (χ1) is 18.2. The van der Waals surface area contributed by atoms with Gasteiger partial charge in [0.25, 0.3) is 5.91 Å². The molecule has 6 nitrogen and oxygen atoms in total. The van der Waals surface area contributed by atoms with Gasteiger partial charge in [-0.2, -0.15) is 0 Å². The van der Waals surface area contributed by atoms with E-state index in [0.717, 1.165) is 37.4 Å². The number of aliphatic hydroxyl groups is 1. The fourth-order valence-corrected chi connectivity index (χ4v) is 6.88. The summed E-state index contributed by atoms with van der Waals surface area (Å²) in [7, 11) is 0. The Kier molecular flexibility index (Phi) is 7.65. The molecular weight excluding hydrogens is 476 g/mol. The van der Waals surface area contributed by atoms with Crippen molar-refractivity contribution in [3.63, 3.8) is 0 Å². The van der Waals surface area contributed by atoms with Crippen molar-refractivity contribution in [3.05, 3.63) is 65.7 Å². The third-order valence-electron chi connectivity index (χ3n) is 8.85. The molecule has 2 aromatic rings. The smallest absolute Gasteiger partial charge is 0.308 e. The molecule has 1 N–H and O–H groups in total. The molecule has 0 spiro atoms. The third kappa shape index (κ3) is 5.52. The molecule has 0 radical (unpaired) electrons. The summed E-state index contributed by atoms with van der Waals surface area (Å²) in [5, 5.41) is 12.5. The topological polar surface area (TPSA) is 70.1 Å². The van der Waals surface area contributed by atoms with Gasteiger partial charge < -0.3 is 19.6 Å². The number of nitrogens with zero attached hydrogens (tertiary/aromatic N) is 2. The van der Waals surface area contributed by atoms with Crippen molar-refractivity contribution < 1.29 is 19.4 Å². The molecule has 1 amide bonds. The summed E-state index contributed by atoms with van der Waals surface area (Å²) in [5.74, 6) is 1.30. The summed E-state index contributed by atoms with van der Waals surface area (Å²) in [6, 6.07) is 17.3. The molecule has 1 saturated heterocycles. The van der Waals surface area contributed by atoms with E-state index in [2.05, 4.69) is 29.7 Å². The van der Waals surface area contributed by atoms with Crippen LogP contribution in [-0.2, 0) is 10.2 Å². The molecule has 3 atom stereocenters. The summed E-state index contributed by atoms with van der Waals surface area (Å²) in [5.41, 5.74) is 0.272. The van der Waals surface area contributed by atoms with Crippen molar-refractivity contribution in [3.8, 4) is 5.75 Å². The average molecular weight is 519 g/mol. The zero-order valence-electron chi connectivity index (χ0n) is 23.1. The van der Waals surface area contributed by atoms with Crippen LogP contribution in [0.1, 0.15) is 75.2 Å². The van der Waals surface area contributed by atoms with Gasteiger partial charge in [0.2, 0.25) is 0 Å². The van der Waals surface area contributed by atoms with E-state index in [1.165, 1.54) is 19.8 Å². The SMILES string of the molecule is CC(=O)Oc1cccc(C23CCN(CC4CC4)CC2(O)CC[C@@H](N(CC(C)C)C(=O)c2ccccc2)C3)c1. The molecule has 204 valence electrons. The van der Waals surface area contributed by atoms with Crippen LogP contribution in [-0.4, -0.2) is 64.6 Å². The van der Waals surface area contributed by atoms with E-state index in [1.807, 2.05) is 42.5 Å². The Labute approximate surface area is 227 Å². The lowest BCUT2D eigenvalue weighted by Crippen LogP contribution is -2.67. The predicted molar refractivity (Wildman–Crippen MR) is 148 cm³/mol. The Bertz CT molecular complexity index is 1150. The van der Waals surface area contributed by atoms with Gasteiger partial charge in [-0.1, -0.05) is 44.2 Å². The highest BCUT2D eigenvalue weighted by Crippen LogP contribution is 2.53. The number of amides is 1. The van der Waals surface area contributed by atoms with Crippen LogP contribution in [0.2, 0.25) is 0 Å². The maximum atomic E-state index is 13.8. The molecule has 2 aromatic carbocycles. The summed E-state index contributed by atoms with van der Waals surface area (Å²) < 4.78 is 5.46. The largest absolute Gasteiger partial charge is 0.427 e. The number of carbonyl (C=O) groups is 2. The summed E-state index contributed by atoms with van der Waals surface area (Å²) in [6.45, 7) is 9.01. The molecule has 2 aliphatic carbocycles. The zero-order valence-corrected chi connectivity index (χ0v) is 23.1. The van der Waals surface area contributed by atoms with Crippen LogP contribution in [0.25, 0.3) is 0 Å². The zero-order chi connectivity index (χ0) is 26.9. The minimum Gasteiger partial charge on any atom is -0.427 e. The summed E-state index contributed by atoms with van der Waals surface area (Å²) in [6.07, 6.45) is 5.48. The van der Waals surface area contributed by atoms with Gasteiger partial charge in [-0.05, 0) is 86.7 Å². The van der Waals surface area contributed by atoms with Gasteiger partial charge in [0.15, 0.2) is 0 Å². The molecule has 3 fully saturated rings. The van der Waals surface area contributed by atoms with Crippen LogP contribution in [0, 0.1) is 11.8 Å². The summed E-state index contributed by atoms with van der Waals surface area (Å²) >= 11 is 0. The van der Waals surface area contributed by atoms with Gasteiger partial charge in [-0.3, -0.25) is 9.59 Å². The van der Waals surface area contributed by atoms with Crippen molar-refractivity contribution in [1.82, 2.24) is 9.80 Å². The molecule has 5 rings (SSSR count). The number of hydrogen-bond donors (Lipinski definition) is 1. The van der Waals surface area contributed by atoms with Crippen LogP contribution >= 0.6 is 0 Å². The van der Waals surface area contributed by atoms with Crippen molar-refractivity contribution >= 4 is 11.9 Å². The predicted octanol–water partition coefficient (Wildman–Crippen LogP) is 5.05. The Morgan fingerprint density at radius 1 is 1.08 bits per heavy atom. The maximum absolute atomic E-state index is 13.8. The van der Waals surface area contributed by atoms with Gasteiger partial charge in [-0.15, -0.1) is 0 Å². The third-order valence-corrected chi connectivity index (χ3v) is 8.85. The van der Waals surface area contributed by atoms with E-state index in [0.29, 0.717) is 43.2 Å². The van der Waals surface area contributed by atoms with Crippen molar-refractivity contribution in [1.29, 1.82) is 0 Å². The highest BCUT2D eigenvalue weighted by molar-refractivity contribution is 5.94. The maximum Gasteiger partial charge on any atom is 0.308 e. The summed E-state index contributed by atoms with van der Waals surface area (Å²) in [4.78, 5) is 30.1. The molecule has 6 heteroatoms. The fraction of sp³-hybridized carbons (Fsp3) is 0.562. The highest BCUT2D eigenvalue weighted by Gasteiger charge is 2.58. The van der Waals surface area contributed by atoms with Crippen molar-refractivity contribution in [2.45, 2.75) is 76.4 Å². The first kappa shape index (κ1) is 26.9. The van der Waals surface area contributed by atoms with Gasteiger partial charge >= 0.3 is 5.97 Å². The second-order valence-corrected chi connectivity index (χ2v) is 12.3. The van der Waals surface area contributed by atoms with E-state index in [-0.39, 0.29) is 17.9 Å². The number of carbonyl (C=O) groups excluding carboxylic acids is 2. The van der Waals surface area contributed by atoms with Crippen LogP contribution in [0.5, 0.6) is 5.75 Å². The quantitative estimate of drug-likeness (QED) is 0.391. The second-order valence-electron chi connectivity index (χ2n) is 12.3. The van der Waals surface area contributed by atoms with Gasteiger partial charge in [0.1, 0.15) is 5.75 Å². The van der Waals surface area contributed by atoms with Crippen LogP contribution in [0.15, 0.2) is 54.6 Å². The molecule has 1 aliphatic heterocycles. The molecule has 0 aromatic heterocycles. The Hall–Kier alpha value is -2.70. The second kappa shape index (κ2) is 10.8. The van der Waals surface area contributed by atoms with Crippen LogP contribution < -0.4 is 4.74 Å². The Morgan fingerprint density at radius 2 is 1.84 bits per heavy atom. The number of piperidine rings is 1. The lowest BCUT2D eigenvalue weighted by molar-refractivity contribution is -0.134. The number of ether oxygens (including phenoxy) is 1. The molecule has 38 heavy (non-hydrogen) atoms. The molecule has 2 saturated carbocycles. The number of hydrogen-bond acceptors (Lipinski definition) is 5. The van der Waals surface area contributed by atoms with E-state index in [4.69, 9.17) is 4.74 Å². The Morgan fingerprint density at radius 3 is 2.53 bits per heavy atom. The van der Waals surface area contributed by atoms with Crippen LogP contribution in [0.3, 0.4) is 0 Å². The number of esters is 1. The molecule has 2 unspecified atom stereocenters. The first-order valence-corrected chi connectivity index (χ1v) is 14.3. The van der Waals surface area contributed by atoms with E-state index < -0.39 is 11.0 Å². The van der Waals surface area contributed by atoms with E-state index in [1.54, 1.807) is 6.07 Å². The standard InChI is InChI=1S/C32H42N2O4/c1-23(2)20-34(30(36)26-8-5-4-6-9-26)28-14-15-32(37)22-33(21-25-12-13-25)17-16-31(32,19-28)27-10-7-11-29(18-27)38-24(3)35/h4-11,18,23,25,28,37H,12-17,19-22H2,1-3H3/t28-,31?,32?/m1/s1. The fourth-order valence-electron chi connectivity index (χ4n) is 6.88. The highest BCUT2D eigenvalue weighted by atomic mass is 16.5. The monoisotopic (exact) mass is 518 g/mol. The number of benzene rings is 2. The number of rotatable bonds is 8. The van der Waals surface area contributed by atoms with Gasteiger partial charge in [-0.25, -0.2) is 0 Å². The lowest BCUT2D eigenvalue weighted by atomic mass is 9.55. The molecule has 3 aliphatic rings. The first-order valence-electron chi connectivity index (χ1n) is 14.3. The van der Waals surface area contributed by atoms with Crippen molar-refractivity contribution in [2.75, 3.05) is 26.2 Å². The number of likely N-dealkylation sites (tertiary alicyclic amines) is 1. The molecular formula is C32H42N2O4. The van der Waals surface area contributed by atoms with Gasteiger partial charge in [0.05, 0.1) is 5.60 Å². The van der Waals surface area contributed by atoms with E-state index in [9.17, 15) is 14.7 Å². The lowest BCUT2D eigenvalue weighted by Gasteiger charge is -2.59. The number of β-amino-alcohol motifs (C(OH)–C–C–N with tert-alkyl or cyclic N) is 1. The van der Waals surface area contributed by atoms with E-state index >= 15 is 0 Å².